The molecular weight excluding hydrogens is 332 g/mol. The van der Waals surface area contributed by atoms with Crippen molar-refractivity contribution in [3.63, 3.8) is 0 Å². The third kappa shape index (κ3) is 9.70. The Morgan fingerprint density at radius 3 is 1.55 bits per heavy atom. The molecule has 0 saturated heterocycles. The summed E-state index contributed by atoms with van der Waals surface area (Å²) in [4.78, 5) is 12.0. The molecule has 0 bridgehead atoms. The predicted octanol–water partition coefficient (Wildman–Crippen LogP) is 1.85. The molecule has 0 atom stereocenters. The van der Waals surface area contributed by atoms with E-state index in [1.165, 1.54) is 0 Å². The topological polar surface area (TPSA) is 54.0 Å². The molecule has 0 aliphatic carbocycles. The van der Waals surface area contributed by atoms with Gasteiger partial charge >= 0.3 is 5.97 Å². The molecule has 5 nitrogen and oxygen atoms in total. The number of carbonyl (C=O) groups excluding carboxylic acids is 1. The van der Waals surface area contributed by atoms with Crippen molar-refractivity contribution in [3.05, 3.63) is 12.2 Å². The van der Waals surface area contributed by atoms with Gasteiger partial charge in [-0.3, -0.25) is 0 Å². The Balaban J connectivity index is 4.91. The van der Waals surface area contributed by atoms with Crippen LogP contribution in [0.4, 0.5) is 0 Å². The van der Waals surface area contributed by atoms with Crippen LogP contribution in [0.25, 0.3) is 0 Å². The van der Waals surface area contributed by atoms with E-state index in [1.54, 1.807) is 6.92 Å². The van der Waals surface area contributed by atoms with Gasteiger partial charge in [-0.05, 0) is 26.2 Å². The molecule has 22 heavy (non-hydrogen) atoms. The second-order valence-corrected chi connectivity index (χ2v) is 9.79. The fourth-order valence-corrected chi connectivity index (χ4v) is 4.85. The Morgan fingerprint density at radius 2 is 1.27 bits per heavy atom. The van der Waals surface area contributed by atoms with E-state index in [0.29, 0.717) is 25.4 Å². The van der Waals surface area contributed by atoms with E-state index in [-0.39, 0.29) is 29.3 Å². The Kier molecular flexibility index (Phi) is 13.0. The average molecular weight is 359 g/mol. The molecule has 0 aliphatic rings. The molecule has 0 fully saturated rings. The van der Waals surface area contributed by atoms with Crippen LogP contribution in [-0.2, 0) is 22.8 Å². The molecule has 124 valence electrons. The first-order chi connectivity index (χ1) is 10.5. The SMILES string of the molecule is C=C(C)C(=O)OC([Si]OCCC)([Si]OCCC)[Si]OCCC. The Labute approximate surface area is 142 Å². The zero-order valence-corrected chi connectivity index (χ0v) is 17.0. The lowest BCUT2D eigenvalue weighted by Crippen LogP contribution is -2.55. The number of hydrogen-bond acceptors (Lipinski definition) is 5. The molecule has 8 heteroatoms. The Hall–Kier alpha value is -0.259. The van der Waals surface area contributed by atoms with Gasteiger partial charge < -0.3 is 18.0 Å². The summed E-state index contributed by atoms with van der Waals surface area (Å²) >= 11 is 0. The predicted molar refractivity (Wildman–Crippen MR) is 89.6 cm³/mol. The highest BCUT2D eigenvalue weighted by atomic mass is 28.4. The maximum Gasteiger partial charge on any atom is 0.332 e. The van der Waals surface area contributed by atoms with Crippen LogP contribution in [0.3, 0.4) is 0 Å². The van der Waals surface area contributed by atoms with Crippen molar-refractivity contribution in [2.45, 2.75) is 51.4 Å². The van der Waals surface area contributed by atoms with Crippen LogP contribution in [0.5, 0.6) is 0 Å². The van der Waals surface area contributed by atoms with Gasteiger partial charge in [-0.15, -0.1) is 0 Å². The lowest BCUT2D eigenvalue weighted by atomic mass is 10.4. The second kappa shape index (κ2) is 13.2. The van der Waals surface area contributed by atoms with Crippen molar-refractivity contribution in [3.8, 4) is 0 Å². The van der Waals surface area contributed by atoms with Gasteiger partial charge in [0, 0.05) is 25.4 Å². The zero-order valence-electron chi connectivity index (χ0n) is 14.0. The summed E-state index contributed by atoms with van der Waals surface area (Å²) in [5.41, 5.74) is 0.366. The molecule has 0 aliphatic heterocycles. The first kappa shape index (κ1) is 21.7. The van der Waals surface area contributed by atoms with Gasteiger partial charge in [0.15, 0.2) is 4.47 Å². The quantitative estimate of drug-likeness (QED) is 0.205. The number of rotatable bonds is 14. The summed E-state index contributed by atoms with van der Waals surface area (Å²) in [6.45, 7) is 13.3. The number of ether oxygens (including phenoxy) is 1. The molecule has 0 spiro atoms. The van der Waals surface area contributed by atoms with Gasteiger partial charge in [0.1, 0.15) is 0 Å². The maximum atomic E-state index is 12.0. The van der Waals surface area contributed by atoms with E-state index in [2.05, 4.69) is 6.58 Å². The minimum Gasteiger partial charge on any atom is -0.459 e. The summed E-state index contributed by atoms with van der Waals surface area (Å²) in [6, 6.07) is 0. The van der Waals surface area contributed by atoms with Crippen LogP contribution in [0.15, 0.2) is 12.2 Å². The standard InChI is InChI=1S/C14H26O5Si3/c1-6-9-16-20-14(21-17-10-7-2,22-18-11-8-3)19-13(15)12(4)5/h4,6-11H2,1-3,5H3. The van der Waals surface area contributed by atoms with Gasteiger partial charge in [-0.1, -0.05) is 27.4 Å². The Bertz CT molecular complexity index is 299. The molecule has 0 saturated carbocycles. The lowest BCUT2D eigenvalue weighted by Gasteiger charge is -2.29. The molecule has 6 radical (unpaired) electrons. The van der Waals surface area contributed by atoms with Gasteiger partial charge in [0.25, 0.3) is 29.3 Å². The summed E-state index contributed by atoms with van der Waals surface area (Å²) < 4.78 is 21.8. The van der Waals surface area contributed by atoms with Crippen molar-refractivity contribution in [2.75, 3.05) is 19.8 Å². The lowest BCUT2D eigenvalue weighted by molar-refractivity contribution is -0.141. The van der Waals surface area contributed by atoms with E-state index in [9.17, 15) is 4.79 Å². The number of carbonyl (C=O) groups is 1. The zero-order chi connectivity index (χ0) is 16.8. The molecule has 0 rings (SSSR count). The van der Waals surface area contributed by atoms with Gasteiger partial charge in [-0.25, -0.2) is 4.79 Å². The molecule has 0 heterocycles. The molecule has 0 aromatic carbocycles. The van der Waals surface area contributed by atoms with Crippen molar-refractivity contribution < 1.29 is 22.8 Å². The van der Waals surface area contributed by atoms with Crippen LogP contribution >= 0.6 is 0 Å². The third-order valence-electron chi connectivity index (χ3n) is 2.16. The number of esters is 1. The van der Waals surface area contributed by atoms with Crippen LogP contribution in [0, 0.1) is 0 Å². The molecule has 0 N–H and O–H groups in total. The molecule has 0 unspecified atom stereocenters. The third-order valence-corrected chi connectivity index (χ3v) is 6.21. The maximum absolute atomic E-state index is 12.0. The minimum atomic E-state index is -0.838. The highest BCUT2D eigenvalue weighted by molar-refractivity contribution is 6.73. The number of hydrogen-bond donors (Lipinski definition) is 0. The van der Waals surface area contributed by atoms with Crippen LogP contribution < -0.4 is 0 Å². The summed E-state index contributed by atoms with van der Waals surface area (Å²) in [7, 11) is -0.00302. The van der Waals surface area contributed by atoms with Crippen LogP contribution in [0.1, 0.15) is 47.0 Å². The normalized spacial score (nSPS) is 11.5. The minimum absolute atomic E-state index is 0.00101. The fraction of sp³-hybridized carbons (Fsp3) is 0.786. The molecule has 0 aromatic rings. The van der Waals surface area contributed by atoms with E-state index >= 15 is 0 Å². The molecule has 0 amide bonds. The summed E-state index contributed by atoms with van der Waals surface area (Å²) in [6.07, 6.45) is 2.74. The van der Waals surface area contributed by atoms with E-state index < -0.39 is 10.4 Å². The van der Waals surface area contributed by atoms with Gasteiger partial charge in [0.05, 0.1) is 0 Å². The Morgan fingerprint density at radius 1 is 0.909 bits per heavy atom. The van der Waals surface area contributed by atoms with Crippen molar-refractivity contribution in [1.82, 2.24) is 0 Å². The summed E-state index contributed by atoms with van der Waals surface area (Å²) in [5, 5.41) is 0. The monoisotopic (exact) mass is 358 g/mol. The second-order valence-electron chi connectivity index (χ2n) is 4.70. The first-order valence-electron chi connectivity index (χ1n) is 7.57. The van der Waals surface area contributed by atoms with Crippen molar-refractivity contribution in [1.29, 1.82) is 0 Å². The molecular formula is C14H26O5Si3. The van der Waals surface area contributed by atoms with Gasteiger partial charge in [0.2, 0.25) is 0 Å². The van der Waals surface area contributed by atoms with E-state index in [1.807, 2.05) is 20.8 Å². The highest BCUT2D eigenvalue weighted by Gasteiger charge is 2.42. The van der Waals surface area contributed by atoms with Crippen LogP contribution in [0.2, 0.25) is 0 Å². The van der Waals surface area contributed by atoms with E-state index in [4.69, 9.17) is 18.0 Å². The van der Waals surface area contributed by atoms with Crippen molar-refractivity contribution >= 4 is 35.3 Å². The highest BCUT2D eigenvalue weighted by Crippen LogP contribution is 2.12. The smallest absolute Gasteiger partial charge is 0.332 e. The average Bonchev–Trinajstić information content (AvgIpc) is 2.48. The largest absolute Gasteiger partial charge is 0.459 e. The van der Waals surface area contributed by atoms with Crippen molar-refractivity contribution in [2.24, 2.45) is 0 Å². The van der Waals surface area contributed by atoms with Crippen LogP contribution in [-0.4, -0.2) is 59.6 Å². The van der Waals surface area contributed by atoms with E-state index in [0.717, 1.165) is 19.3 Å². The first-order valence-corrected chi connectivity index (χ1v) is 10.3. The van der Waals surface area contributed by atoms with Gasteiger partial charge in [-0.2, -0.15) is 0 Å². The fourth-order valence-electron chi connectivity index (χ4n) is 1.12. The molecule has 0 aromatic heterocycles. The summed E-state index contributed by atoms with van der Waals surface area (Å²) in [5.74, 6) is -0.423.